The molecule has 0 heterocycles. The van der Waals surface area contributed by atoms with Crippen LogP contribution in [0.5, 0.6) is 0 Å². The topological polar surface area (TPSA) is 76.0 Å². The van der Waals surface area contributed by atoms with Crippen molar-refractivity contribution in [1.29, 1.82) is 0 Å². The van der Waals surface area contributed by atoms with Crippen molar-refractivity contribution in [1.82, 2.24) is 0 Å². The van der Waals surface area contributed by atoms with E-state index in [1.54, 1.807) is 0 Å². The smallest absolute Gasteiger partial charge is 0.364 e. The maximum Gasteiger partial charge on any atom is 0.364 e. The number of rotatable bonds is 4. The van der Waals surface area contributed by atoms with Gasteiger partial charge in [-0.2, -0.15) is 0 Å². The number of hydrogen-bond donors (Lipinski definition) is 1. The van der Waals surface area contributed by atoms with E-state index >= 15 is 0 Å². The summed E-state index contributed by atoms with van der Waals surface area (Å²) in [7, 11) is 0. The van der Waals surface area contributed by atoms with Crippen molar-refractivity contribution in [3.8, 4) is 0 Å². The van der Waals surface area contributed by atoms with Crippen LogP contribution in [0.3, 0.4) is 0 Å². The first-order valence-electron chi connectivity index (χ1n) is 3.26. The van der Waals surface area contributed by atoms with Crippen molar-refractivity contribution >= 4 is 40.7 Å². The molecule has 0 radical (unpaired) electrons. The second-order valence-electron chi connectivity index (χ2n) is 1.83. The van der Waals surface area contributed by atoms with E-state index in [1.807, 2.05) is 0 Å². The second kappa shape index (κ2) is 5.77. The molecule has 0 amide bonds. The molecular weight excluding hydrogens is 221 g/mol. The molecule has 13 heavy (non-hydrogen) atoms. The fourth-order valence-electron chi connectivity index (χ4n) is 0.494. The van der Waals surface area contributed by atoms with Crippen molar-refractivity contribution in [2.45, 2.75) is 11.8 Å². The first kappa shape index (κ1) is 12.2. The summed E-state index contributed by atoms with van der Waals surface area (Å²) in [5.74, 6) is -2.05. The van der Waals surface area contributed by atoms with Crippen LogP contribution < -0.4 is 0 Å². The molecule has 7 heteroatoms. The number of ether oxygens (including phenoxy) is 1. The normalized spacial score (nSPS) is 11.5. The number of ketones is 1. The molecule has 0 saturated carbocycles. The van der Waals surface area contributed by atoms with Gasteiger partial charge in [0.1, 0.15) is 0 Å². The lowest BCUT2D eigenvalue weighted by atomic mass is 10.3. The minimum absolute atomic E-state index is 0.0559. The van der Waals surface area contributed by atoms with Crippen LogP contribution in [0.2, 0.25) is 0 Å². The Bertz CT molecular complexity index is 239. The number of oxime groups is 1. The number of halogens is 2. The van der Waals surface area contributed by atoms with Crippen molar-refractivity contribution in [2.75, 3.05) is 6.61 Å². The summed E-state index contributed by atoms with van der Waals surface area (Å²) in [5, 5.41) is 10.7. The summed E-state index contributed by atoms with van der Waals surface area (Å²) >= 11 is 10.3. The summed E-state index contributed by atoms with van der Waals surface area (Å²) in [5.41, 5.74) is -0.808. The maximum absolute atomic E-state index is 10.9. The molecule has 0 rings (SSSR count). The van der Waals surface area contributed by atoms with E-state index in [9.17, 15) is 9.59 Å². The van der Waals surface area contributed by atoms with Gasteiger partial charge < -0.3 is 9.94 Å². The lowest BCUT2D eigenvalue weighted by molar-refractivity contribution is -0.135. The van der Waals surface area contributed by atoms with E-state index in [-0.39, 0.29) is 6.61 Å². The first-order chi connectivity index (χ1) is 6.04. The minimum Gasteiger partial charge on any atom is -0.461 e. The molecule has 0 bridgehead atoms. The predicted molar refractivity (Wildman–Crippen MR) is 46.4 cm³/mol. The van der Waals surface area contributed by atoms with E-state index in [0.29, 0.717) is 0 Å². The van der Waals surface area contributed by atoms with E-state index in [2.05, 4.69) is 9.89 Å². The van der Waals surface area contributed by atoms with Gasteiger partial charge >= 0.3 is 5.97 Å². The van der Waals surface area contributed by atoms with E-state index in [0.717, 1.165) is 0 Å². The summed E-state index contributed by atoms with van der Waals surface area (Å²) in [6.07, 6.45) is 0. The first-order valence-corrected chi connectivity index (χ1v) is 4.13. The van der Waals surface area contributed by atoms with Crippen LogP contribution >= 0.6 is 23.2 Å². The number of carbonyl (C=O) groups excluding carboxylic acids is 2. The maximum atomic E-state index is 10.9. The van der Waals surface area contributed by atoms with Crippen molar-refractivity contribution in [3.63, 3.8) is 0 Å². The third-order valence-electron chi connectivity index (χ3n) is 1.00. The highest BCUT2D eigenvalue weighted by Crippen LogP contribution is 2.05. The van der Waals surface area contributed by atoms with Crippen LogP contribution in [0.15, 0.2) is 5.16 Å². The zero-order valence-corrected chi connectivity index (χ0v) is 8.17. The Balaban J connectivity index is 4.54. The molecule has 0 fully saturated rings. The average molecular weight is 228 g/mol. The zero-order chi connectivity index (χ0) is 10.4. The Hall–Kier alpha value is -0.810. The van der Waals surface area contributed by atoms with Gasteiger partial charge in [0, 0.05) is 0 Å². The van der Waals surface area contributed by atoms with Crippen LogP contribution in [-0.4, -0.2) is 34.1 Å². The van der Waals surface area contributed by atoms with Gasteiger partial charge in [0.15, 0.2) is 4.84 Å². The molecule has 0 spiro atoms. The Kier molecular flexibility index (Phi) is 5.41. The van der Waals surface area contributed by atoms with E-state index in [1.165, 1.54) is 6.92 Å². The fraction of sp³-hybridized carbons (Fsp3) is 0.500. The molecule has 0 aromatic rings. The highest BCUT2D eigenvalue weighted by atomic mass is 35.5. The van der Waals surface area contributed by atoms with Gasteiger partial charge in [-0.25, -0.2) is 4.79 Å². The Morgan fingerprint density at radius 3 is 2.38 bits per heavy atom. The van der Waals surface area contributed by atoms with Gasteiger partial charge in [-0.1, -0.05) is 28.4 Å². The molecular formula is C6H7Cl2NO4. The number of Topliss-reactive ketones (excluding diaryl/α,β-unsaturated/α-hetero) is 1. The van der Waals surface area contributed by atoms with E-state index < -0.39 is 22.3 Å². The number of carbonyl (C=O) groups is 2. The summed E-state index contributed by atoms with van der Waals surface area (Å²) in [4.78, 5) is 20.4. The monoisotopic (exact) mass is 227 g/mol. The van der Waals surface area contributed by atoms with Gasteiger partial charge in [0.25, 0.3) is 0 Å². The van der Waals surface area contributed by atoms with Crippen LogP contribution in [0.1, 0.15) is 6.92 Å². The number of alkyl halides is 2. The van der Waals surface area contributed by atoms with Gasteiger partial charge in [-0.05, 0) is 6.92 Å². The predicted octanol–water partition coefficient (Wildman–Crippen LogP) is 0.752. The largest absolute Gasteiger partial charge is 0.461 e. The van der Waals surface area contributed by atoms with Crippen LogP contribution in [0, 0.1) is 0 Å². The lowest BCUT2D eigenvalue weighted by Crippen LogP contribution is -2.30. The minimum atomic E-state index is -1.45. The zero-order valence-electron chi connectivity index (χ0n) is 6.66. The van der Waals surface area contributed by atoms with Gasteiger partial charge in [0.05, 0.1) is 6.61 Å². The Labute approximate surface area is 84.3 Å². The highest BCUT2D eigenvalue weighted by Gasteiger charge is 2.27. The number of hydrogen-bond acceptors (Lipinski definition) is 5. The Morgan fingerprint density at radius 2 is 2.08 bits per heavy atom. The summed E-state index contributed by atoms with van der Waals surface area (Å²) in [6.45, 7) is 1.59. The second-order valence-corrected chi connectivity index (χ2v) is 2.93. The standard InChI is InChI=1S/C6H7Cl2NO4/c1-2-13-6(11)3(9-12)4(10)5(7)8/h5,12H,2H2,1H3. The van der Waals surface area contributed by atoms with Gasteiger partial charge in [-0.3, -0.25) is 4.79 Å². The molecule has 1 N–H and O–H groups in total. The number of nitrogens with zero attached hydrogens (tertiary/aromatic N) is 1. The van der Waals surface area contributed by atoms with Crippen molar-refractivity contribution < 1.29 is 19.5 Å². The molecule has 0 aliphatic rings. The quantitative estimate of drug-likeness (QED) is 0.192. The fourth-order valence-corrected chi connectivity index (χ4v) is 0.700. The molecule has 0 aliphatic heterocycles. The van der Waals surface area contributed by atoms with Gasteiger partial charge in [-0.15, -0.1) is 0 Å². The molecule has 5 nitrogen and oxygen atoms in total. The summed E-state index contributed by atoms with van der Waals surface area (Å²) in [6, 6.07) is 0. The molecule has 0 unspecified atom stereocenters. The van der Waals surface area contributed by atoms with Gasteiger partial charge in [0.2, 0.25) is 11.5 Å². The third-order valence-corrected chi connectivity index (χ3v) is 1.40. The molecule has 0 aliphatic carbocycles. The Morgan fingerprint density at radius 1 is 1.54 bits per heavy atom. The van der Waals surface area contributed by atoms with Crippen LogP contribution in [0.4, 0.5) is 0 Å². The van der Waals surface area contributed by atoms with Crippen LogP contribution in [0.25, 0.3) is 0 Å². The van der Waals surface area contributed by atoms with Crippen molar-refractivity contribution in [2.24, 2.45) is 5.16 Å². The lowest BCUT2D eigenvalue weighted by Gasteiger charge is -2.02. The van der Waals surface area contributed by atoms with Crippen molar-refractivity contribution in [3.05, 3.63) is 0 Å². The number of esters is 1. The van der Waals surface area contributed by atoms with E-state index in [4.69, 9.17) is 28.4 Å². The summed E-state index contributed by atoms with van der Waals surface area (Å²) < 4.78 is 4.40. The molecule has 0 saturated heterocycles. The third kappa shape index (κ3) is 3.61. The molecule has 0 aromatic carbocycles. The molecule has 0 atom stereocenters. The molecule has 74 valence electrons. The SMILES string of the molecule is CCOC(=O)C(=NO)C(=O)C(Cl)Cl. The average Bonchev–Trinajstić information content (AvgIpc) is 2.05. The highest BCUT2D eigenvalue weighted by molar-refractivity contribution is 6.74. The van der Waals surface area contributed by atoms with Crippen LogP contribution in [-0.2, 0) is 14.3 Å². The molecule has 0 aromatic heterocycles.